The van der Waals surface area contributed by atoms with E-state index in [9.17, 15) is 0 Å². The molecule has 4 rings (SSSR count). The molecule has 2 aromatic rings. The van der Waals surface area contributed by atoms with Crippen molar-refractivity contribution in [3.63, 3.8) is 0 Å². The first-order valence-corrected chi connectivity index (χ1v) is 8.74. The number of hydrogen-bond donors (Lipinski definition) is 2. The van der Waals surface area contributed by atoms with Gasteiger partial charge in [-0.3, -0.25) is 0 Å². The second-order valence-electron chi connectivity index (χ2n) is 5.89. The van der Waals surface area contributed by atoms with Gasteiger partial charge in [0.15, 0.2) is 0 Å². The number of fused-ring (bicyclic) bond motifs is 2. The van der Waals surface area contributed by atoms with Gasteiger partial charge in [-0.25, -0.2) is 0 Å². The van der Waals surface area contributed by atoms with Gasteiger partial charge in [-0.2, -0.15) is 0 Å². The maximum Gasteiger partial charge on any atom is 0.117 e. The molecule has 2 N–H and O–H groups in total. The Balaban J connectivity index is 1.47. The number of benzene rings is 1. The van der Waals surface area contributed by atoms with Crippen molar-refractivity contribution in [1.29, 1.82) is 0 Å². The topological polar surface area (TPSA) is 24.1 Å². The Morgan fingerprint density at radius 2 is 2.00 bits per heavy atom. The fourth-order valence-corrected chi connectivity index (χ4v) is 4.70. The van der Waals surface area contributed by atoms with Gasteiger partial charge < -0.3 is 10.6 Å². The predicted octanol–water partition coefficient (Wildman–Crippen LogP) is 3.57. The highest BCUT2D eigenvalue weighted by Gasteiger charge is 2.39. The molecule has 0 spiro atoms. The van der Waals surface area contributed by atoms with Gasteiger partial charge in [0.2, 0.25) is 0 Å². The minimum absolute atomic E-state index is 0.513. The normalized spacial score (nSPS) is 27.0. The molecule has 2 saturated heterocycles. The Morgan fingerprint density at radius 1 is 1.14 bits per heavy atom. The summed E-state index contributed by atoms with van der Waals surface area (Å²) in [7, 11) is 0. The van der Waals surface area contributed by atoms with Crippen LogP contribution in [0, 0.1) is 0 Å². The molecule has 2 aliphatic rings. The van der Waals surface area contributed by atoms with Crippen LogP contribution in [-0.4, -0.2) is 23.1 Å². The van der Waals surface area contributed by atoms with Crippen LogP contribution >= 0.6 is 23.6 Å². The summed E-state index contributed by atoms with van der Waals surface area (Å²) >= 11 is 7.38. The minimum Gasteiger partial charge on any atom is -0.371 e. The maximum absolute atomic E-state index is 5.61. The predicted molar refractivity (Wildman–Crippen MR) is 92.9 cm³/mol. The number of thiophene rings is 1. The maximum atomic E-state index is 5.61. The first kappa shape index (κ1) is 13.4. The van der Waals surface area contributed by atoms with Crippen molar-refractivity contribution in [3.05, 3.63) is 47.3 Å². The molecule has 2 nitrogen and oxygen atoms in total. The third-order valence-corrected chi connectivity index (χ3v) is 6.12. The lowest BCUT2D eigenvalue weighted by Crippen LogP contribution is -2.42. The van der Waals surface area contributed by atoms with E-state index in [4.69, 9.17) is 12.2 Å². The lowest BCUT2D eigenvalue weighted by atomic mass is 9.95. The average molecular weight is 314 g/mol. The minimum atomic E-state index is 0.513. The summed E-state index contributed by atoms with van der Waals surface area (Å²) in [4.78, 5) is 3.36. The first-order chi connectivity index (χ1) is 10.3. The molecule has 21 heavy (non-hydrogen) atoms. The molecule has 0 radical (unpaired) electrons. The van der Waals surface area contributed by atoms with Gasteiger partial charge in [0.25, 0.3) is 0 Å². The van der Waals surface area contributed by atoms with Crippen LogP contribution in [0.2, 0.25) is 0 Å². The number of rotatable bonds is 3. The molecule has 1 aromatic heterocycles. The van der Waals surface area contributed by atoms with Crippen molar-refractivity contribution < 1.29 is 0 Å². The van der Waals surface area contributed by atoms with Crippen molar-refractivity contribution in [2.45, 2.75) is 37.4 Å². The van der Waals surface area contributed by atoms with Crippen LogP contribution in [0.15, 0.2) is 42.5 Å². The molecular formula is C17H18N2S2. The van der Waals surface area contributed by atoms with E-state index in [0.717, 1.165) is 4.99 Å². The van der Waals surface area contributed by atoms with Gasteiger partial charge >= 0.3 is 0 Å². The lowest BCUT2D eigenvalue weighted by Gasteiger charge is -2.22. The Morgan fingerprint density at radius 3 is 2.71 bits per heavy atom. The van der Waals surface area contributed by atoms with Gasteiger partial charge in [-0.15, -0.1) is 11.3 Å². The molecule has 0 saturated carbocycles. The summed E-state index contributed by atoms with van der Waals surface area (Å²) in [5, 5.41) is 7.22. The van der Waals surface area contributed by atoms with E-state index >= 15 is 0 Å². The van der Waals surface area contributed by atoms with Crippen LogP contribution < -0.4 is 10.6 Å². The van der Waals surface area contributed by atoms with Crippen LogP contribution in [-0.2, 0) is 0 Å². The van der Waals surface area contributed by atoms with E-state index in [-0.39, 0.29) is 0 Å². The Hall–Kier alpha value is -1.23. The van der Waals surface area contributed by atoms with E-state index in [1.54, 1.807) is 11.3 Å². The van der Waals surface area contributed by atoms with E-state index in [2.05, 4.69) is 47.0 Å². The van der Waals surface area contributed by atoms with Crippen LogP contribution in [0.25, 0.3) is 10.4 Å². The average Bonchev–Trinajstić information content (AvgIpc) is 3.24. The zero-order chi connectivity index (χ0) is 14.2. The quantitative estimate of drug-likeness (QED) is 0.847. The van der Waals surface area contributed by atoms with E-state index in [1.165, 1.54) is 34.6 Å². The molecule has 3 atom stereocenters. The Labute approximate surface area is 134 Å². The summed E-state index contributed by atoms with van der Waals surface area (Å²) in [5.41, 5.74) is 1.26. The van der Waals surface area contributed by atoms with Gasteiger partial charge in [-0.1, -0.05) is 42.5 Å². The van der Waals surface area contributed by atoms with Crippen molar-refractivity contribution in [1.82, 2.24) is 10.6 Å². The third kappa shape index (κ3) is 2.63. The Kier molecular flexibility index (Phi) is 3.53. The zero-order valence-electron chi connectivity index (χ0n) is 11.7. The summed E-state index contributed by atoms with van der Waals surface area (Å²) in [6, 6.07) is 16.6. The molecule has 0 amide bonds. The third-order valence-electron chi connectivity index (χ3n) is 4.50. The highest BCUT2D eigenvalue weighted by atomic mass is 32.1. The molecule has 2 bridgehead atoms. The molecule has 0 aliphatic carbocycles. The smallest absolute Gasteiger partial charge is 0.117 e. The van der Waals surface area contributed by atoms with Crippen LogP contribution in [0.3, 0.4) is 0 Å². The molecule has 3 unspecified atom stereocenters. The van der Waals surface area contributed by atoms with Crippen molar-refractivity contribution in [2.24, 2.45) is 0 Å². The van der Waals surface area contributed by atoms with E-state index in [0.29, 0.717) is 18.1 Å². The molecule has 108 valence electrons. The van der Waals surface area contributed by atoms with Gasteiger partial charge in [0, 0.05) is 23.0 Å². The first-order valence-electron chi connectivity index (χ1n) is 7.52. The monoisotopic (exact) mass is 314 g/mol. The molecular weight excluding hydrogens is 296 g/mol. The fraction of sp³-hybridized carbons (Fsp3) is 0.353. The van der Waals surface area contributed by atoms with E-state index in [1.807, 2.05) is 6.07 Å². The van der Waals surface area contributed by atoms with Gasteiger partial charge in [0.05, 0.1) is 4.88 Å². The Bertz CT molecular complexity index is 650. The zero-order valence-corrected chi connectivity index (χ0v) is 13.3. The van der Waals surface area contributed by atoms with Crippen molar-refractivity contribution >= 4 is 28.5 Å². The highest BCUT2D eigenvalue weighted by molar-refractivity contribution is 7.81. The molecule has 3 heterocycles. The summed E-state index contributed by atoms with van der Waals surface area (Å²) in [6.45, 7) is 0. The van der Waals surface area contributed by atoms with Gasteiger partial charge in [-0.05, 0) is 37.0 Å². The fourth-order valence-electron chi connectivity index (χ4n) is 3.44. The largest absolute Gasteiger partial charge is 0.371 e. The standard InChI is InChI=1S/C17H18N2S2/c20-17(19-14-10-12-6-7-13(14)18-12)16-9-8-15(21-16)11-4-2-1-3-5-11/h1-5,8-9,12-14,18H,6-7,10H2,(H,19,20). The summed E-state index contributed by atoms with van der Waals surface area (Å²) in [6.07, 6.45) is 3.82. The second kappa shape index (κ2) is 5.52. The summed E-state index contributed by atoms with van der Waals surface area (Å²) < 4.78 is 0. The van der Waals surface area contributed by atoms with Crippen LogP contribution in [0.1, 0.15) is 24.1 Å². The molecule has 1 aromatic carbocycles. The van der Waals surface area contributed by atoms with E-state index < -0.39 is 0 Å². The van der Waals surface area contributed by atoms with Crippen molar-refractivity contribution in [3.8, 4) is 10.4 Å². The SMILES string of the molecule is S=C(NC1CC2CCC1N2)c1ccc(-c2ccccc2)s1. The number of hydrogen-bond acceptors (Lipinski definition) is 3. The molecule has 2 aliphatic heterocycles. The lowest BCUT2D eigenvalue weighted by molar-refractivity contribution is 0.469. The second-order valence-corrected chi connectivity index (χ2v) is 7.39. The van der Waals surface area contributed by atoms with Crippen LogP contribution in [0.5, 0.6) is 0 Å². The number of thiocarbonyl (C=S) groups is 1. The molecule has 4 heteroatoms. The van der Waals surface area contributed by atoms with Crippen molar-refractivity contribution in [2.75, 3.05) is 0 Å². The number of nitrogens with one attached hydrogen (secondary N) is 2. The highest BCUT2D eigenvalue weighted by Crippen LogP contribution is 2.30. The molecule has 2 fully saturated rings. The van der Waals surface area contributed by atoms with Crippen LogP contribution in [0.4, 0.5) is 0 Å². The summed E-state index contributed by atoms with van der Waals surface area (Å²) in [5.74, 6) is 0. The van der Waals surface area contributed by atoms with Gasteiger partial charge in [0.1, 0.15) is 4.99 Å².